The van der Waals surface area contributed by atoms with Crippen molar-refractivity contribution >= 4 is 25.2 Å². The Kier molecular flexibility index (Phi) is 5.19. The van der Waals surface area contributed by atoms with E-state index in [1.165, 1.54) is 14.2 Å². The van der Waals surface area contributed by atoms with Crippen LogP contribution in [0.1, 0.15) is 0 Å². The molecule has 0 spiro atoms. The van der Waals surface area contributed by atoms with Gasteiger partial charge in [0.2, 0.25) is 0 Å². The van der Waals surface area contributed by atoms with Crippen molar-refractivity contribution in [1.29, 1.82) is 0 Å². The van der Waals surface area contributed by atoms with Crippen LogP contribution in [-0.4, -0.2) is 39.4 Å². The zero-order valence-electron chi connectivity index (χ0n) is 9.42. The molecular weight excluding hydrogens is 245 g/mol. The standard InChI is InChI=1S/C9H18GeO4/c1-10(2,3)6-7(8(11)13-4)9(12)14-5/h7H,6H2,1-5H3. The molecule has 14 heavy (non-hydrogen) atoms. The maximum absolute atomic E-state index is 11.3. The van der Waals surface area contributed by atoms with E-state index in [1.54, 1.807) is 0 Å². The minimum atomic E-state index is -1.96. The summed E-state index contributed by atoms with van der Waals surface area (Å²) in [6.07, 6.45) is 0. The quantitative estimate of drug-likeness (QED) is 0.435. The Labute approximate surface area is 87.3 Å². The molecular formula is C9H18GeO4. The van der Waals surface area contributed by atoms with Crippen LogP contribution in [0.4, 0.5) is 0 Å². The van der Waals surface area contributed by atoms with Gasteiger partial charge in [-0.3, -0.25) is 0 Å². The van der Waals surface area contributed by atoms with Gasteiger partial charge in [-0.2, -0.15) is 0 Å². The van der Waals surface area contributed by atoms with Crippen molar-refractivity contribution in [3.8, 4) is 0 Å². The molecule has 5 heteroatoms. The van der Waals surface area contributed by atoms with Crippen molar-refractivity contribution in [2.75, 3.05) is 14.2 Å². The summed E-state index contributed by atoms with van der Waals surface area (Å²) in [5.74, 6) is 4.70. The van der Waals surface area contributed by atoms with Crippen LogP contribution in [0.15, 0.2) is 0 Å². The van der Waals surface area contributed by atoms with E-state index in [4.69, 9.17) is 0 Å². The normalized spacial score (nSPS) is 11.3. The van der Waals surface area contributed by atoms with Crippen molar-refractivity contribution < 1.29 is 19.1 Å². The minimum absolute atomic E-state index is 0.489. The van der Waals surface area contributed by atoms with Crippen LogP contribution >= 0.6 is 0 Å². The summed E-state index contributed by atoms with van der Waals surface area (Å²) in [5.41, 5.74) is 0. The van der Waals surface area contributed by atoms with Gasteiger partial charge in [0.15, 0.2) is 0 Å². The molecule has 0 saturated carbocycles. The third kappa shape index (κ3) is 4.64. The Morgan fingerprint density at radius 2 is 1.43 bits per heavy atom. The molecule has 0 rings (SSSR count). The van der Waals surface area contributed by atoms with Crippen LogP contribution in [-0.2, 0) is 19.1 Å². The van der Waals surface area contributed by atoms with E-state index < -0.39 is 31.1 Å². The summed E-state index contributed by atoms with van der Waals surface area (Å²) in [6, 6.07) is 0. The van der Waals surface area contributed by atoms with E-state index >= 15 is 0 Å². The molecule has 0 bridgehead atoms. The second kappa shape index (κ2) is 5.39. The van der Waals surface area contributed by atoms with Crippen LogP contribution in [0, 0.1) is 5.92 Å². The summed E-state index contributed by atoms with van der Waals surface area (Å²) >= 11 is -1.96. The molecule has 0 aromatic heterocycles. The van der Waals surface area contributed by atoms with Crippen molar-refractivity contribution in [3.05, 3.63) is 0 Å². The summed E-state index contributed by atoms with van der Waals surface area (Å²) in [6.45, 7) is 0. The molecule has 0 aromatic rings. The van der Waals surface area contributed by atoms with Gasteiger partial charge < -0.3 is 0 Å². The second-order valence-electron chi connectivity index (χ2n) is 4.36. The summed E-state index contributed by atoms with van der Waals surface area (Å²) < 4.78 is 9.14. The predicted octanol–water partition coefficient (Wildman–Crippen LogP) is 1.29. The fraction of sp³-hybridized carbons (Fsp3) is 0.778. The first kappa shape index (κ1) is 13.5. The zero-order valence-corrected chi connectivity index (χ0v) is 11.5. The van der Waals surface area contributed by atoms with Gasteiger partial charge in [-0.1, -0.05) is 0 Å². The number of hydrogen-bond donors (Lipinski definition) is 0. The molecule has 0 fully saturated rings. The Hall–Kier alpha value is -0.517. The number of carbonyl (C=O) groups excluding carboxylic acids is 2. The maximum atomic E-state index is 11.3. The zero-order chi connectivity index (χ0) is 11.4. The number of esters is 2. The first-order valence-electron chi connectivity index (χ1n) is 4.47. The van der Waals surface area contributed by atoms with E-state index in [2.05, 4.69) is 26.7 Å². The van der Waals surface area contributed by atoms with E-state index in [0.29, 0.717) is 5.25 Å². The van der Waals surface area contributed by atoms with Gasteiger partial charge in [0.05, 0.1) is 0 Å². The van der Waals surface area contributed by atoms with Crippen molar-refractivity contribution in [1.82, 2.24) is 0 Å². The molecule has 0 radical (unpaired) electrons. The summed E-state index contributed by atoms with van der Waals surface area (Å²) in [5, 5.41) is 0.610. The third-order valence-corrected chi connectivity index (χ3v) is 5.21. The molecule has 0 amide bonds. The topological polar surface area (TPSA) is 52.6 Å². The molecule has 0 aliphatic heterocycles. The van der Waals surface area contributed by atoms with Crippen LogP contribution in [0.3, 0.4) is 0 Å². The van der Waals surface area contributed by atoms with Gasteiger partial charge in [-0.05, 0) is 0 Å². The second-order valence-corrected chi connectivity index (χ2v) is 16.0. The van der Waals surface area contributed by atoms with E-state index in [0.717, 1.165) is 0 Å². The van der Waals surface area contributed by atoms with Crippen molar-refractivity contribution in [2.45, 2.75) is 22.5 Å². The van der Waals surface area contributed by atoms with E-state index in [-0.39, 0.29) is 0 Å². The molecule has 0 heterocycles. The number of rotatable bonds is 4. The Balaban J connectivity index is 4.57. The molecule has 4 nitrogen and oxygen atoms in total. The molecule has 0 aromatic carbocycles. The SMILES string of the molecule is COC(=O)C([CH2][Ge]([CH3])([CH3])[CH3])C(=O)OC. The number of carbonyl (C=O) groups is 2. The fourth-order valence-electron chi connectivity index (χ4n) is 1.16. The van der Waals surface area contributed by atoms with Crippen LogP contribution in [0.5, 0.6) is 0 Å². The molecule has 0 N–H and O–H groups in total. The number of methoxy groups -OCH3 is 2. The molecule has 0 aliphatic rings. The number of hydrogen-bond acceptors (Lipinski definition) is 4. The van der Waals surface area contributed by atoms with E-state index in [1.807, 2.05) is 0 Å². The van der Waals surface area contributed by atoms with Gasteiger partial charge in [0.25, 0.3) is 0 Å². The van der Waals surface area contributed by atoms with Crippen molar-refractivity contribution in [3.63, 3.8) is 0 Å². The number of ether oxygens (including phenoxy) is 2. The van der Waals surface area contributed by atoms with Gasteiger partial charge in [-0.25, -0.2) is 0 Å². The predicted molar refractivity (Wildman–Crippen MR) is 55.7 cm³/mol. The van der Waals surface area contributed by atoms with Crippen molar-refractivity contribution in [2.24, 2.45) is 5.92 Å². The molecule has 0 unspecified atom stereocenters. The molecule has 0 atom stereocenters. The van der Waals surface area contributed by atoms with Gasteiger partial charge in [-0.15, -0.1) is 0 Å². The molecule has 0 aliphatic carbocycles. The van der Waals surface area contributed by atoms with Gasteiger partial charge in [0, 0.05) is 0 Å². The average molecular weight is 263 g/mol. The van der Waals surface area contributed by atoms with Gasteiger partial charge in [0.1, 0.15) is 0 Å². The summed E-state index contributed by atoms with van der Waals surface area (Å²) in [7, 11) is 2.57. The average Bonchev–Trinajstić information content (AvgIpc) is 2.10. The van der Waals surface area contributed by atoms with Gasteiger partial charge >= 0.3 is 86.9 Å². The Morgan fingerprint density at radius 3 is 1.64 bits per heavy atom. The Bertz CT molecular complexity index is 203. The molecule has 0 saturated heterocycles. The van der Waals surface area contributed by atoms with Crippen LogP contribution in [0.25, 0.3) is 0 Å². The third-order valence-electron chi connectivity index (χ3n) is 1.79. The Morgan fingerprint density at radius 1 is 1.07 bits per heavy atom. The van der Waals surface area contributed by atoms with Crippen LogP contribution in [0.2, 0.25) is 22.5 Å². The summed E-state index contributed by atoms with van der Waals surface area (Å²) in [4.78, 5) is 22.6. The fourth-order valence-corrected chi connectivity index (χ4v) is 4.43. The molecule has 82 valence electrons. The monoisotopic (exact) mass is 264 g/mol. The first-order valence-corrected chi connectivity index (χ1v) is 12.2. The van der Waals surface area contributed by atoms with Crippen LogP contribution < -0.4 is 0 Å². The van der Waals surface area contributed by atoms with E-state index in [9.17, 15) is 9.59 Å². The first-order chi connectivity index (χ1) is 6.31.